The minimum absolute atomic E-state index is 0.116. The van der Waals surface area contributed by atoms with Gasteiger partial charge in [-0.2, -0.15) is 0 Å². The Morgan fingerprint density at radius 1 is 1.27 bits per heavy atom. The third kappa shape index (κ3) is 3.05. The molecular weight excluding hydrogens is 280 g/mol. The number of carbonyl (C=O) groups is 1. The Hall–Kier alpha value is -2.50. The number of H-pyrrole nitrogens is 1. The van der Waals surface area contributed by atoms with Crippen LogP contribution in [0.1, 0.15) is 40.8 Å². The number of hydrogen-bond acceptors (Lipinski definition) is 4. The van der Waals surface area contributed by atoms with Crippen molar-refractivity contribution in [2.45, 2.75) is 25.7 Å². The highest BCUT2D eigenvalue weighted by Crippen LogP contribution is 2.26. The van der Waals surface area contributed by atoms with Crippen molar-refractivity contribution in [3.63, 3.8) is 0 Å². The second kappa shape index (κ2) is 6.09. The number of aromatic amines is 1. The largest absolute Gasteiger partial charge is 0.337 e. The van der Waals surface area contributed by atoms with Gasteiger partial charge in [-0.05, 0) is 31.9 Å². The van der Waals surface area contributed by atoms with Gasteiger partial charge in [0.2, 0.25) is 5.56 Å². The molecule has 0 radical (unpaired) electrons. The number of nitrogens with zero attached hydrogens (tertiary/aromatic N) is 3. The highest BCUT2D eigenvalue weighted by molar-refractivity contribution is 5.92. The summed E-state index contributed by atoms with van der Waals surface area (Å²) in [5.74, 6) is 1.02. The maximum Gasteiger partial charge on any atom is 0.270 e. The Kier molecular flexibility index (Phi) is 4.00. The summed E-state index contributed by atoms with van der Waals surface area (Å²) in [5, 5.41) is 0. The molecule has 0 spiro atoms. The van der Waals surface area contributed by atoms with Crippen LogP contribution in [-0.4, -0.2) is 38.8 Å². The molecular formula is C16H18N4O2. The molecule has 1 saturated heterocycles. The number of hydrogen-bond donors (Lipinski definition) is 1. The zero-order chi connectivity index (χ0) is 15.5. The third-order valence-corrected chi connectivity index (χ3v) is 4.00. The molecule has 2 aromatic heterocycles. The highest BCUT2D eigenvalue weighted by atomic mass is 16.2. The molecule has 0 unspecified atom stereocenters. The van der Waals surface area contributed by atoms with Crippen molar-refractivity contribution < 1.29 is 4.79 Å². The van der Waals surface area contributed by atoms with Crippen LogP contribution < -0.4 is 5.56 Å². The minimum atomic E-state index is -0.253. The molecule has 2 aromatic rings. The molecule has 0 aromatic carbocycles. The van der Waals surface area contributed by atoms with Crippen molar-refractivity contribution in [1.82, 2.24) is 19.9 Å². The Bertz CT molecular complexity index is 733. The van der Waals surface area contributed by atoms with Crippen LogP contribution in [0.3, 0.4) is 0 Å². The quantitative estimate of drug-likeness (QED) is 0.911. The van der Waals surface area contributed by atoms with Crippen LogP contribution in [0.5, 0.6) is 0 Å². The number of aromatic nitrogens is 3. The summed E-state index contributed by atoms with van der Waals surface area (Å²) >= 11 is 0. The van der Waals surface area contributed by atoms with E-state index in [9.17, 15) is 9.59 Å². The van der Waals surface area contributed by atoms with E-state index in [0.29, 0.717) is 24.7 Å². The van der Waals surface area contributed by atoms with Gasteiger partial charge in [0.05, 0.1) is 0 Å². The van der Waals surface area contributed by atoms with E-state index in [0.717, 1.165) is 24.4 Å². The van der Waals surface area contributed by atoms with Gasteiger partial charge >= 0.3 is 0 Å². The van der Waals surface area contributed by atoms with Crippen LogP contribution in [0.4, 0.5) is 0 Å². The smallest absolute Gasteiger partial charge is 0.270 e. The van der Waals surface area contributed by atoms with E-state index < -0.39 is 0 Å². The van der Waals surface area contributed by atoms with Gasteiger partial charge < -0.3 is 9.88 Å². The number of pyridine rings is 1. The zero-order valence-electron chi connectivity index (χ0n) is 12.5. The van der Waals surface area contributed by atoms with E-state index in [1.54, 1.807) is 23.2 Å². The van der Waals surface area contributed by atoms with Crippen molar-refractivity contribution in [3.8, 4) is 0 Å². The molecule has 6 nitrogen and oxygen atoms in total. The summed E-state index contributed by atoms with van der Waals surface area (Å²) in [5.41, 5.74) is 1.15. The number of amides is 1. The van der Waals surface area contributed by atoms with Crippen molar-refractivity contribution in [2.75, 3.05) is 13.1 Å². The molecule has 0 atom stereocenters. The molecule has 3 rings (SSSR count). The summed E-state index contributed by atoms with van der Waals surface area (Å²) in [4.78, 5) is 36.7. The SMILES string of the molecule is Cc1nccc(C2CCN(C(=O)c3cccc(=O)[nH]3)CC2)n1. The number of likely N-dealkylation sites (tertiary alicyclic amines) is 1. The first-order chi connectivity index (χ1) is 10.6. The van der Waals surface area contributed by atoms with Crippen molar-refractivity contribution in [3.05, 3.63) is 58.0 Å². The van der Waals surface area contributed by atoms with Crippen LogP contribution in [0, 0.1) is 6.92 Å². The molecule has 0 bridgehead atoms. The van der Waals surface area contributed by atoms with E-state index >= 15 is 0 Å². The Morgan fingerprint density at radius 3 is 2.73 bits per heavy atom. The molecule has 0 saturated carbocycles. The first-order valence-corrected chi connectivity index (χ1v) is 7.41. The zero-order valence-corrected chi connectivity index (χ0v) is 12.5. The number of nitrogens with one attached hydrogen (secondary N) is 1. The van der Waals surface area contributed by atoms with Crippen LogP contribution in [0.2, 0.25) is 0 Å². The fraction of sp³-hybridized carbons (Fsp3) is 0.375. The van der Waals surface area contributed by atoms with E-state index in [4.69, 9.17) is 0 Å². The second-order valence-electron chi connectivity index (χ2n) is 5.52. The number of carbonyl (C=O) groups excluding carboxylic acids is 1. The van der Waals surface area contributed by atoms with E-state index in [2.05, 4.69) is 15.0 Å². The summed E-state index contributed by atoms with van der Waals surface area (Å²) in [6, 6.07) is 6.59. The maximum atomic E-state index is 12.4. The standard InChI is InChI=1S/C16H18N4O2/c1-11-17-8-5-13(18-11)12-6-9-20(10-7-12)16(22)14-3-2-4-15(21)19-14/h2-5,8,12H,6-7,9-10H2,1H3,(H,19,21). The lowest BCUT2D eigenvalue weighted by molar-refractivity contribution is 0.0705. The molecule has 1 N–H and O–H groups in total. The highest BCUT2D eigenvalue weighted by Gasteiger charge is 2.25. The fourth-order valence-corrected chi connectivity index (χ4v) is 2.82. The first-order valence-electron chi connectivity index (χ1n) is 7.41. The number of aryl methyl sites for hydroxylation is 1. The Balaban J connectivity index is 1.67. The molecule has 0 aliphatic carbocycles. The predicted octanol–water partition coefficient (Wildman–Crippen LogP) is 1.49. The van der Waals surface area contributed by atoms with E-state index in [1.807, 2.05) is 13.0 Å². The molecule has 1 aliphatic heterocycles. The van der Waals surface area contributed by atoms with Crippen LogP contribution in [0.15, 0.2) is 35.3 Å². The van der Waals surface area contributed by atoms with Gasteiger partial charge in [-0.15, -0.1) is 0 Å². The average molecular weight is 298 g/mol. The predicted molar refractivity (Wildman–Crippen MR) is 81.7 cm³/mol. The van der Waals surface area contributed by atoms with Gasteiger partial charge in [-0.3, -0.25) is 9.59 Å². The molecule has 1 amide bonds. The van der Waals surface area contributed by atoms with Gasteiger partial charge in [-0.1, -0.05) is 6.07 Å². The summed E-state index contributed by atoms with van der Waals surface area (Å²) in [7, 11) is 0. The van der Waals surface area contributed by atoms with Gasteiger partial charge in [-0.25, -0.2) is 9.97 Å². The van der Waals surface area contributed by atoms with Gasteiger partial charge in [0.15, 0.2) is 0 Å². The van der Waals surface area contributed by atoms with Gasteiger partial charge in [0.25, 0.3) is 5.91 Å². The van der Waals surface area contributed by atoms with E-state index in [-0.39, 0.29) is 11.5 Å². The molecule has 1 fully saturated rings. The monoisotopic (exact) mass is 298 g/mol. The lowest BCUT2D eigenvalue weighted by atomic mass is 9.93. The molecule has 114 valence electrons. The lowest BCUT2D eigenvalue weighted by Gasteiger charge is -2.31. The van der Waals surface area contributed by atoms with Crippen LogP contribution in [0.25, 0.3) is 0 Å². The second-order valence-corrected chi connectivity index (χ2v) is 5.52. The third-order valence-electron chi connectivity index (χ3n) is 4.00. The van der Waals surface area contributed by atoms with Crippen molar-refractivity contribution >= 4 is 5.91 Å². The Morgan fingerprint density at radius 2 is 2.05 bits per heavy atom. The first kappa shape index (κ1) is 14.4. The molecule has 1 aliphatic rings. The molecule has 3 heterocycles. The topological polar surface area (TPSA) is 79.0 Å². The number of piperidine rings is 1. The van der Waals surface area contributed by atoms with Gasteiger partial charge in [0.1, 0.15) is 11.5 Å². The Labute approximate surface area is 128 Å². The van der Waals surface area contributed by atoms with E-state index in [1.165, 1.54) is 6.07 Å². The average Bonchev–Trinajstić information content (AvgIpc) is 2.54. The van der Waals surface area contributed by atoms with Crippen molar-refractivity contribution in [1.29, 1.82) is 0 Å². The summed E-state index contributed by atoms with van der Waals surface area (Å²) in [6.45, 7) is 3.22. The maximum absolute atomic E-state index is 12.4. The normalized spacial score (nSPS) is 15.8. The minimum Gasteiger partial charge on any atom is -0.337 e. The van der Waals surface area contributed by atoms with Crippen molar-refractivity contribution in [2.24, 2.45) is 0 Å². The molecule has 22 heavy (non-hydrogen) atoms. The van der Waals surface area contributed by atoms with Gasteiger partial charge in [0, 0.05) is 37.0 Å². The van der Waals surface area contributed by atoms with Crippen LogP contribution in [-0.2, 0) is 0 Å². The van der Waals surface area contributed by atoms with Crippen LogP contribution >= 0.6 is 0 Å². The summed E-state index contributed by atoms with van der Waals surface area (Å²) in [6.07, 6.45) is 3.53. The summed E-state index contributed by atoms with van der Waals surface area (Å²) < 4.78 is 0. The fourth-order valence-electron chi connectivity index (χ4n) is 2.82. The number of rotatable bonds is 2. The molecule has 6 heteroatoms. The lowest BCUT2D eigenvalue weighted by Crippen LogP contribution is -2.39.